The highest BCUT2D eigenvalue weighted by atomic mass is 32.1. The molecule has 0 fully saturated rings. The van der Waals surface area contributed by atoms with Crippen LogP contribution in [-0.4, -0.2) is 6.54 Å². The molecule has 0 spiro atoms. The summed E-state index contributed by atoms with van der Waals surface area (Å²) in [4.78, 5) is 2.87. The quantitative estimate of drug-likeness (QED) is 0.592. The Morgan fingerprint density at radius 2 is 2.14 bits per heavy atom. The Morgan fingerprint density at radius 1 is 1.43 bits per heavy atom. The minimum Gasteiger partial charge on any atom is -0.308 e. The van der Waals surface area contributed by atoms with Crippen molar-refractivity contribution in [3.63, 3.8) is 0 Å². The number of aryl methyl sites for hydroxylation is 2. The minimum atomic E-state index is 0.971. The molecule has 1 aromatic rings. The van der Waals surface area contributed by atoms with Crippen molar-refractivity contribution in [1.82, 2.24) is 5.32 Å². The van der Waals surface area contributed by atoms with Gasteiger partial charge in [-0.3, -0.25) is 0 Å². The van der Waals surface area contributed by atoms with Crippen molar-refractivity contribution in [2.75, 3.05) is 6.54 Å². The number of thiophene rings is 1. The number of hydrogen-bond acceptors (Lipinski definition) is 2. The van der Waals surface area contributed by atoms with Gasteiger partial charge in [0.1, 0.15) is 0 Å². The van der Waals surface area contributed by atoms with Gasteiger partial charge in [0.25, 0.3) is 0 Å². The molecule has 1 aromatic heterocycles. The molecule has 0 aliphatic rings. The third-order valence-electron chi connectivity index (χ3n) is 2.17. The second kappa shape index (κ2) is 5.32. The molecule has 1 heterocycles. The highest BCUT2D eigenvalue weighted by molar-refractivity contribution is 7.12. The van der Waals surface area contributed by atoms with E-state index < -0.39 is 0 Å². The Kier molecular flexibility index (Phi) is 4.36. The van der Waals surface area contributed by atoms with Gasteiger partial charge in [-0.25, -0.2) is 0 Å². The highest BCUT2D eigenvalue weighted by Gasteiger charge is 1.99. The molecule has 1 nitrogen and oxygen atoms in total. The molecule has 1 rings (SSSR count). The Labute approximate surface area is 90.9 Å². The summed E-state index contributed by atoms with van der Waals surface area (Å²) in [6.07, 6.45) is 2.22. The Balaban J connectivity index is 2.35. The van der Waals surface area contributed by atoms with E-state index >= 15 is 0 Å². The number of allylic oxidation sites excluding steroid dienone is 1. The van der Waals surface area contributed by atoms with Crippen LogP contribution in [0.15, 0.2) is 17.7 Å². The largest absolute Gasteiger partial charge is 0.308 e. The average molecular weight is 209 g/mol. The summed E-state index contributed by atoms with van der Waals surface area (Å²) >= 11 is 1.89. The van der Waals surface area contributed by atoms with E-state index in [0.29, 0.717) is 0 Å². The first-order valence-electron chi connectivity index (χ1n) is 4.99. The molecular formula is C12H19NS. The van der Waals surface area contributed by atoms with Gasteiger partial charge in [0.15, 0.2) is 0 Å². The fourth-order valence-corrected chi connectivity index (χ4v) is 2.23. The smallest absolute Gasteiger partial charge is 0.0302 e. The SMILES string of the molecule is CC(C)=CCNCc1cc(C)c(C)s1. The molecule has 0 amide bonds. The van der Waals surface area contributed by atoms with Gasteiger partial charge in [-0.1, -0.05) is 11.6 Å². The molecule has 0 saturated heterocycles. The lowest BCUT2D eigenvalue weighted by molar-refractivity contribution is 0.767. The van der Waals surface area contributed by atoms with Crippen LogP contribution in [0.5, 0.6) is 0 Å². The molecule has 0 saturated carbocycles. The zero-order valence-corrected chi connectivity index (χ0v) is 10.3. The maximum Gasteiger partial charge on any atom is 0.0302 e. The Hall–Kier alpha value is -0.600. The van der Waals surface area contributed by atoms with E-state index in [1.807, 2.05) is 11.3 Å². The van der Waals surface area contributed by atoms with Crippen LogP contribution in [0, 0.1) is 13.8 Å². The summed E-state index contributed by atoms with van der Waals surface area (Å²) in [7, 11) is 0. The van der Waals surface area contributed by atoms with Crippen LogP contribution in [0.4, 0.5) is 0 Å². The summed E-state index contributed by atoms with van der Waals surface area (Å²) in [5.74, 6) is 0. The third-order valence-corrected chi connectivity index (χ3v) is 3.32. The second-order valence-electron chi connectivity index (χ2n) is 3.86. The molecule has 1 N–H and O–H groups in total. The van der Waals surface area contributed by atoms with Crippen molar-refractivity contribution in [3.05, 3.63) is 33.0 Å². The predicted molar refractivity (Wildman–Crippen MR) is 64.9 cm³/mol. The molecule has 0 aliphatic heterocycles. The number of rotatable bonds is 4. The van der Waals surface area contributed by atoms with Gasteiger partial charge >= 0.3 is 0 Å². The number of hydrogen-bond donors (Lipinski definition) is 1. The first kappa shape index (κ1) is 11.5. The van der Waals surface area contributed by atoms with Gasteiger partial charge < -0.3 is 5.32 Å². The molecule has 2 heteroatoms. The normalized spacial score (nSPS) is 10.3. The Morgan fingerprint density at radius 3 is 2.64 bits per heavy atom. The zero-order valence-electron chi connectivity index (χ0n) is 9.48. The standard InChI is InChI=1S/C12H19NS/c1-9(2)5-6-13-8-12-7-10(3)11(4)14-12/h5,7,13H,6,8H2,1-4H3. The molecule has 78 valence electrons. The molecule has 14 heavy (non-hydrogen) atoms. The molecule has 0 aliphatic carbocycles. The van der Waals surface area contributed by atoms with E-state index in [9.17, 15) is 0 Å². The van der Waals surface area contributed by atoms with Crippen molar-refractivity contribution >= 4 is 11.3 Å². The summed E-state index contributed by atoms with van der Waals surface area (Å²) in [5.41, 5.74) is 2.78. The van der Waals surface area contributed by atoms with Crippen molar-refractivity contribution in [2.24, 2.45) is 0 Å². The summed E-state index contributed by atoms with van der Waals surface area (Å²) in [5, 5.41) is 3.41. The van der Waals surface area contributed by atoms with Crippen LogP contribution in [0.1, 0.15) is 29.2 Å². The first-order valence-corrected chi connectivity index (χ1v) is 5.81. The fraction of sp³-hybridized carbons (Fsp3) is 0.500. The molecule has 0 bridgehead atoms. The first-order chi connectivity index (χ1) is 6.59. The topological polar surface area (TPSA) is 12.0 Å². The lowest BCUT2D eigenvalue weighted by Gasteiger charge is -1.98. The van der Waals surface area contributed by atoms with Crippen LogP contribution >= 0.6 is 11.3 Å². The molecular weight excluding hydrogens is 190 g/mol. The van der Waals surface area contributed by atoms with Gasteiger partial charge in [-0.15, -0.1) is 11.3 Å². The zero-order chi connectivity index (χ0) is 10.6. The van der Waals surface area contributed by atoms with E-state index in [0.717, 1.165) is 13.1 Å². The Bertz CT molecular complexity index is 300. The average Bonchev–Trinajstić information content (AvgIpc) is 2.40. The van der Waals surface area contributed by atoms with E-state index in [-0.39, 0.29) is 0 Å². The highest BCUT2D eigenvalue weighted by Crippen LogP contribution is 2.19. The van der Waals surface area contributed by atoms with Gasteiger partial charge in [0, 0.05) is 22.8 Å². The summed E-state index contributed by atoms with van der Waals surface area (Å²) < 4.78 is 0. The molecule has 0 radical (unpaired) electrons. The lowest BCUT2D eigenvalue weighted by Crippen LogP contribution is -2.11. The van der Waals surface area contributed by atoms with Gasteiger partial charge in [0.2, 0.25) is 0 Å². The lowest BCUT2D eigenvalue weighted by atomic mass is 10.3. The van der Waals surface area contributed by atoms with Crippen molar-refractivity contribution < 1.29 is 0 Å². The molecule has 0 atom stereocenters. The van der Waals surface area contributed by atoms with Crippen molar-refractivity contribution in [1.29, 1.82) is 0 Å². The maximum absolute atomic E-state index is 3.41. The van der Waals surface area contributed by atoms with Crippen LogP contribution in [0.3, 0.4) is 0 Å². The van der Waals surface area contributed by atoms with Gasteiger partial charge in [-0.2, -0.15) is 0 Å². The summed E-state index contributed by atoms with van der Waals surface area (Å²) in [6.45, 7) is 10.6. The van der Waals surface area contributed by atoms with Crippen molar-refractivity contribution in [2.45, 2.75) is 34.2 Å². The number of nitrogens with one attached hydrogen (secondary N) is 1. The fourth-order valence-electron chi connectivity index (χ4n) is 1.21. The summed E-state index contributed by atoms with van der Waals surface area (Å²) in [6, 6.07) is 2.27. The van der Waals surface area contributed by atoms with Gasteiger partial charge in [0.05, 0.1) is 0 Å². The van der Waals surface area contributed by atoms with Crippen LogP contribution < -0.4 is 5.32 Å². The van der Waals surface area contributed by atoms with Crippen LogP contribution in [-0.2, 0) is 6.54 Å². The van der Waals surface area contributed by atoms with Crippen LogP contribution in [0.25, 0.3) is 0 Å². The minimum absolute atomic E-state index is 0.971. The van der Waals surface area contributed by atoms with E-state index in [1.54, 1.807) is 0 Å². The van der Waals surface area contributed by atoms with Crippen molar-refractivity contribution in [3.8, 4) is 0 Å². The van der Waals surface area contributed by atoms with E-state index in [1.165, 1.54) is 20.9 Å². The van der Waals surface area contributed by atoms with E-state index in [2.05, 4.69) is 45.2 Å². The van der Waals surface area contributed by atoms with Crippen LogP contribution in [0.2, 0.25) is 0 Å². The second-order valence-corrected chi connectivity index (χ2v) is 5.21. The maximum atomic E-state index is 3.41. The monoisotopic (exact) mass is 209 g/mol. The van der Waals surface area contributed by atoms with Gasteiger partial charge in [-0.05, 0) is 39.3 Å². The molecule has 0 unspecified atom stereocenters. The molecule has 0 aromatic carbocycles. The predicted octanol–water partition coefficient (Wildman–Crippen LogP) is 3.42. The third kappa shape index (κ3) is 3.64. The van der Waals surface area contributed by atoms with E-state index in [4.69, 9.17) is 0 Å².